The molecule has 0 saturated carbocycles. The van der Waals surface area contributed by atoms with E-state index in [0.717, 1.165) is 22.4 Å². The molecule has 2 heterocycles. The van der Waals surface area contributed by atoms with E-state index in [-0.39, 0.29) is 0 Å². The largest absolute Gasteiger partial charge is 0.309 e. The number of aromatic nitrogens is 4. The summed E-state index contributed by atoms with van der Waals surface area (Å²) in [5.41, 5.74) is 13.8. The maximum absolute atomic E-state index is 4.98. The molecular weight excluding hydrogens is 645 g/mol. The molecule has 11 rings (SSSR count). The average Bonchev–Trinajstić information content (AvgIpc) is 3.52. The van der Waals surface area contributed by atoms with Gasteiger partial charge in [0.05, 0.1) is 11.0 Å². The van der Waals surface area contributed by atoms with Crippen LogP contribution in [0.4, 0.5) is 0 Å². The molecule has 0 N–H and O–H groups in total. The van der Waals surface area contributed by atoms with Gasteiger partial charge < -0.3 is 4.57 Å². The first-order chi connectivity index (χ1) is 26.3. The lowest BCUT2D eigenvalue weighted by atomic mass is 9.90. The molecule has 8 aromatic carbocycles. The van der Waals surface area contributed by atoms with E-state index < -0.39 is 0 Å². The van der Waals surface area contributed by atoms with E-state index in [1.54, 1.807) is 0 Å². The van der Waals surface area contributed by atoms with Crippen LogP contribution < -0.4 is 0 Å². The van der Waals surface area contributed by atoms with Crippen molar-refractivity contribution in [1.29, 1.82) is 0 Å². The van der Waals surface area contributed by atoms with E-state index in [1.165, 1.54) is 66.0 Å². The third-order valence-corrected chi connectivity index (χ3v) is 10.6. The zero-order chi connectivity index (χ0) is 34.9. The molecular formula is C49H30N4. The van der Waals surface area contributed by atoms with E-state index >= 15 is 0 Å². The van der Waals surface area contributed by atoms with Crippen LogP contribution in [-0.4, -0.2) is 19.5 Å². The highest BCUT2D eigenvalue weighted by atomic mass is 15.0. The average molecular weight is 675 g/mol. The molecule has 0 radical (unpaired) electrons. The zero-order valence-electron chi connectivity index (χ0n) is 28.6. The summed E-state index contributed by atoms with van der Waals surface area (Å²) < 4.78 is 2.42. The second-order valence-corrected chi connectivity index (χ2v) is 13.6. The third-order valence-electron chi connectivity index (χ3n) is 10.6. The molecule has 53 heavy (non-hydrogen) atoms. The van der Waals surface area contributed by atoms with Gasteiger partial charge in [0.15, 0.2) is 17.5 Å². The molecule has 0 fully saturated rings. The maximum atomic E-state index is 4.98. The predicted octanol–water partition coefficient (Wildman–Crippen LogP) is 12.4. The molecule has 4 heteroatoms. The van der Waals surface area contributed by atoms with Crippen LogP contribution in [0, 0.1) is 0 Å². The highest BCUT2D eigenvalue weighted by Crippen LogP contribution is 2.51. The molecule has 1 aliphatic carbocycles. The van der Waals surface area contributed by atoms with Crippen molar-refractivity contribution in [1.82, 2.24) is 19.5 Å². The van der Waals surface area contributed by atoms with E-state index in [1.807, 2.05) is 60.7 Å². The van der Waals surface area contributed by atoms with Gasteiger partial charge in [0, 0.05) is 38.5 Å². The van der Waals surface area contributed by atoms with Crippen molar-refractivity contribution in [3.8, 4) is 73.2 Å². The lowest BCUT2D eigenvalue weighted by Gasteiger charge is -2.16. The van der Waals surface area contributed by atoms with Crippen molar-refractivity contribution >= 4 is 32.6 Å². The summed E-state index contributed by atoms with van der Waals surface area (Å²) in [6, 6.07) is 64.5. The van der Waals surface area contributed by atoms with Crippen LogP contribution in [0.5, 0.6) is 0 Å². The normalized spacial score (nSPS) is 11.8. The third kappa shape index (κ3) is 4.59. The Hall–Kier alpha value is -7.17. The second kappa shape index (κ2) is 11.7. The van der Waals surface area contributed by atoms with Gasteiger partial charge in [-0.25, -0.2) is 15.0 Å². The van der Waals surface area contributed by atoms with Gasteiger partial charge in [0.25, 0.3) is 0 Å². The number of fused-ring (bicyclic) bond motifs is 3. The fourth-order valence-corrected chi connectivity index (χ4v) is 8.24. The molecule has 0 spiro atoms. The van der Waals surface area contributed by atoms with Gasteiger partial charge in [-0.2, -0.15) is 0 Å². The summed E-state index contributed by atoms with van der Waals surface area (Å²) in [6.45, 7) is 0. The Bertz CT molecular complexity index is 2960. The van der Waals surface area contributed by atoms with Gasteiger partial charge in [0.2, 0.25) is 0 Å². The first-order valence-electron chi connectivity index (χ1n) is 18.0. The van der Waals surface area contributed by atoms with E-state index in [9.17, 15) is 0 Å². The molecule has 0 amide bonds. The van der Waals surface area contributed by atoms with Gasteiger partial charge in [-0.05, 0) is 75.2 Å². The van der Waals surface area contributed by atoms with Gasteiger partial charge in [-0.3, -0.25) is 0 Å². The van der Waals surface area contributed by atoms with Gasteiger partial charge in [-0.1, -0.05) is 146 Å². The highest BCUT2D eigenvalue weighted by molar-refractivity contribution is 6.31. The van der Waals surface area contributed by atoms with E-state index in [4.69, 9.17) is 15.0 Å². The Morgan fingerprint density at radius 1 is 0.283 bits per heavy atom. The topological polar surface area (TPSA) is 43.6 Å². The van der Waals surface area contributed by atoms with Gasteiger partial charge in [0.1, 0.15) is 0 Å². The molecule has 0 unspecified atom stereocenters. The first-order valence-corrected chi connectivity index (χ1v) is 18.0. The van der Waals surface area contributed by atoms with E-state index in [0.29, 0.717) is 17.5 Å². The fourth-order valence-electron chi connectivity index (χ4n) is 8.24. The number of hydrogen-bond acceptors (Lipinski definition) is 3. The number of rotatable bonds is 5. The van der Waals surface area contributed by atoms with Crippen molar-refractivity contribution in [2.24, 2.45) is 0 Å². The Balaban J connectivity index is 1.13. The molecule has 2 aromatic heterocycles. The van der Waals surface area contributed by atoms with Crippen molar-refractivity contribution < 1.29 is 0 Å². The molecule has 4 nitrogen and oxygen atoms in total. The summed E-state index contributed by atoms with van der Waals surface area (Å²) >= 11 is 0. The van der Waals surface area contributed by atoms with Crippen LogP contribution in [0.15, 0.2) is 182 Å². The van der Waals surface area contributed by atoms with Crippen molar-refractivity contribution in [3.05, 3.63) is 182 Å². The standard InChI is InChI=1S/C49H30N4/c1-4-13-31(14-5-1)36-27-28-41-38-20-11-10-19-37(38)39-21-12-22-42-45(39)46-43(30-29-40(36)44(41)46)53(42)35-25-23-34(24-26-35)49-51-47(32-15-6-2-7-16-32)50-48(52-49)33-17-8-3-9-18-33/h1-30H. The minimum Gasteiger partial charge on any atom is -0.309 e. The summed E-state index contributed by atoms with van der Waals surface area (Å²) in [4.78, 5) is 14.8. The predicted molar refractivity (Wildman–Crippen MR) is 218 cm³/mol. The van der Waals surface area contributed by atoms with Gasteiger partial charge >= 0.3 is 0 Å². The Labute approximate surface area is 306 Å². The zero-order valence-corrected chi connectivity index (χ0v) is 28.6. The summed E-state index contributed by atoms with van der Waals surface area (Å²) in [7, 11) is 0. The Morgan fingerprint density at radius 2 is 0.755 bits per heavy atom. The second-order valence-electron chi connectivity index (χ2n) is 13.6. The monoisotopic (exact) mass is 674 g/mol. The quantitative estimate of drug-likeness (QED) is 0.182. The molecule has 0 bridgehead atoms. The van der Waals surface area contributed by atoms with Crippen LogP contribution in [0.2, 0.25) is 0 Å². The molecule has 0 aliphatic heterocycles. The molecule has 0 saturated heterocycles. The van der Waals surface area contributed by atoms with Crippen LogP contribution in [0.25, 0.3) is 106 Å². The van der Waals surface area contributed by atoms with E-state index in [2.05, 4.69) is 126 Å². The lowest BCUT2D eigenvalue weighted by Crippen LogP contribution is -2.00. The van der Waals surface area contributed by atoms with Crippen molar-refractivity contribution in [3.63, 3.8) is 0 Å². The number of benzene rings is 8. The Kier molecular flexibility index (Phi) is 6.52. The van der Waals surface area contributed by atoms with Crippen LogP contribution >= 0.6 is 0 Å². The van der Waals surface area contributed by atoms with Gasteiger partial charge in [-0.15, -0.1) is 0 Å². The van der Waals surface area contributed by atoms with Crippen LogP contribution in [0.3, 0.4) is 0 Å². The van der Waals surface area contributed by atoms with Crippen LogP contribution in [-0.2, 0) is 0 Å². The molecule has 246 valence electrons. The van der Waals surface area contributed by atoms with Crippen molar-refractivity contribution in [2.45, 2.75) is 0 Å². The van der Waals surface area contributed by atoms with Crippen LogP contribution in [0.1, 0.15) is 0 Å². The molecule has 10 aromatic rings. The summed E-state index contributed by atoms with van der Waals surface area (Å²) in [5.74, 6) is 1.95. The lowest BCUT2D eigenvalue weighted by molar-refractivity contribution is 1.07. The SMILES string of the molecule is c1ccc(-c2nc(-c3ccccc3)nc(-c3ccc(-n4c5cccc6c5c5c7c(ccc(-c8ccccc8)c7ccc54)-c4ccccc4-6)cc3)n2)cc1. The highest BCUT2D eigenvalue weighted by Gasteiger charge is 2.25. The maximum Gasteiger partial charge on any atom is 0.164 e. The number of nitrogens with zero attached hydrogens (tertiary/aromatic N) is 4. The fraction of sp³-hybridized carbons (Fsp3) is 0. The summed E-state index contributed by atoms with van der Waals surface area (Å²) in [5, 5.41) is 5.14. The number of hydrogen-bond donors (Lipinski definition) is 0. The Morgan fingerprint density at radius 3 is 1.36 bits per heavy atom. The molecule has 0 atom stereocenters. The minimum absolute atomic E-state index is 0.642. The summed E-state index contributed by atoms with van der Waals surface area (Å²) in [6.07, 6.45) is 0. The molecule has 1 aliphatic rings. The smallest absolute Gasteiger partial charge is 0.164 e. The first kappa shape index (κ1) is 29.5. The minimum atomic E-state index is 0.642. The van der Waals surface area contributed by atoms with Crippen molar-refractivity contribution in [2.75, 3.05) is 0 Å².